The molecule has 1 aromatic rings. The Morgan fingerprint density at radius 3 is 2.69 bits per heavy atom. The highest BCUT2D eigenvalue weighted by atomic mass is 19.1. The minimum absolute atomic E-state index is 0.0158. The quantitative estimate of drug-likeness (QED) is 0.591. The first-order valence-corrected chi connectivity index (χ1v) is 3.50. The summed E-state index contributed by atoms with van der Waals surface area (Å²) in [5.41, 5.74) is -0.755. The SMILES string of the molecule is COC(=O)c1cc(F)c(=O)n(C)c1. The van der Waals surface area contributed by atoms with Crippen molar-refractivity contribution in [3.05, 3.63) is 34.0 Å². The van der Waals surface area contributed by atoms with Gasteiger partial charge in [0.15, 0.2) is 5.82 Å². The Kier molecular flexibility index (Phi) is 2.46. The Morgan fingerprint density at radius 1 is 1.62 bits per heavy atom. The van der Waals surface area contributed by atoms with Crippen molar-refractivity contribution < 1.29 is 13.9 Å². The third-order valence-electron chi connectivity index (χ3n) is 1.56. The van der Waals surface area contributed by atoms with Crippen LogP contribution in [0.2, 0.25) is 0 Å². The van der Waals surface area contributed by atoms with E-state index in [2.05, 4.69) is 4.74 Å². The van der Waals surface area contributed by atoms with E-state index in [-0.39, 0.29) is 5.56 Å². The fraction of sp³-hybridized carbons (Fsp3) is 0.250. The number of methoxy groups -OCH3 is 1. The molecule has 5 heteroatoms. The van der Waals surface area contributed by atoms with Gasteiger partial charge in [0.05, 0.1) is 12.7 Å². The highest BCUT2D eigenvalue weighted by molar-refractivity contribution is 5.88. The van der Waals surface area contributed by atoms with Gasteiger partial charge in [-0.05, 0) is 6.07 Å². The van der Waals surface area contributed by atoms with Crippen LogP contribution >= 0.6 is 0 Å². The van der Waals surface area contributed by atoms with Gasteiger partial charge in [-0.3, -0.25) is 4.79 Å². The molecule has 0 fully saturated rings. The molecule has 0 N–H and O–H groups in total. The van der Waals surface area contributed by atoms with Crippen LogP contribution < -0.4 is 5.56 Å². The number of aryl methyl sites for hydroxylation is 1. The maximum absolute atomic E-state index is 12.8. The second-order valence-corrected chi connectivity index (χ2v) is 2.48. The zero-order valence-corrected chi connectivity index (χ0v) is 7.20. The molecule has 0 atom stereocenters. The summed E-state index contributed by atoms with van der Waals surface area (Å²) in [6.45, 7) is 0. The van der Waals surface area contributed by atoms with Crippen LogP contribution in [0.1, 0.15) is 10.4 Å². The molecule has 0 amide bonds. The zero-order chi connectivity index (χ0) is 10.0. The van der Waals surface area contributed by atoms with Crippen LogP contribution in [0.5, 0.6) is 0 Å². The molecule has 0 radical (unpaired) electrons. The van der Waals surface area contributed by atoms with E-state index in [1.165, 1.54) is 20.4 Å². The fourth-order valence-electron chi connectivity index (χ4n) is 0.901. The number of hydrogen-bond acceptors (Lipinski definition) is 3. The Hall–Kier alpha value is -1.65. The number of nitrogens with zero attached hydrogens (tertiary/aromatic N) is 1. The van der Waals surface area contributed by atoms with Crippen LogP contribution in [0.15, 0.2) is 17.1 Å². The fourth-order valence-corrected chi connectivity index (χ4v) is 0.901. The van der Waals surface area contributed by atoms with Crippen LogP contribution in [0.4, 0.5) is 4.39 Å². The Balaban J connectivity index is 3.29. The maximum Gasteiger partial charge on any atom is 0.339 e. The summed E-state index contributed by atoms with van der Waals surface area (Å²) in [5, 5.41) is 0. The first kappa shape index (κ1) is 9.44. The van der Waals surface area contributed by atoms with Gasteiger partial charge in [-0.15, -0.1) is 0 Å². The monoisotopic (exact) mass is 185 g/mol. The van der Waals surface area contributed by atoms with Crippen LogP contribution in [0.25, 0.3) is 0 Å². The molecule has 1 aromatic heterocycles. The number of halogens is 1. The van der Waals surface area contributed by atoms with Gasteiger partial charge < -0.3 is 9.30 Å². The molecule has 0 aliphatic heterocycles. The van der Waals surface area contributed by atoms with E-state index in [4.69, 9.17) is 0 Å². The summed E-state index contributed by atoms with van der Waals surface area (Å²) in [7, 11) is 2.54. The predicted octanol–water partition coefficient (Wildman–Crippen LogP) is 0.311. The molecule has 4 nitrogen and oxygen atoms in total. The molecule has 0 aliphatic rings. The summed E-state index contributed by atoms with van der Waals surface area (Å²) in [6, 6.07) is 0.855. The molecule has 1 rings (SSSR count). The zero-order valence-electron chi connectivity index (χ0n) is 7.20. The van der Waals surface area contributed by atoms with Crippen molar-refractivity contribution >= 4 is 5.97 Å². The van der Waals surface area contributed by atoms with Gasteiger partial charge in [-0.1, -0.05) is 0 Å². The molecule has 0 saturated heterocycles. The van der Waals surface area contributed by atoms with Gasteiger partial charge in [-0.25, -0.2) is 9.18 Å². The lowest BCUT2D eigenvalue weighted by atomic mass is 10.3. The van der Waals surface area contributed by atoms with Crippen molar-refractivity contribution in [3.63, 3.8) is 0 Å². The summed E-state index contributed by atoms with van der Waals surface area (Å²) in [6.07, 6.45) is 1.22. The average molecular weight is 185 g/mol. The number of carbonyl (C=O) groups excluding carboxylic acids is 1. The molecule has 0 aromatic carbocycles. The molecule has 0 spiro atoms. The van der Waals surface area contributed by atoms with Crippen molar-refractivity contribution in [2.45, 2.75) is 0 Å². The molecular weight excluding hydrogens is 177 g/mol. The van der Waals surface area contributed by atoms with Crippen LogP contribution in [-0.4, -0.2) is 17.6 Å². The van der Waals surface area contributed by atoms with Crippen LogP contribution in [-0.2, 0) is 11.8 Å². The number of hydrogen-bond donors (Lipinski definition) is 0. The Bertz CT molecular complexity index is 371. The second-order valence-electron chi connectivity index (χ2n) is 2.48. The summed E-state index contributed by atoms with van der Waals surface area (Å²) in [5.74, 6) is -1.64. The average Bonchev–Trinajstić information content (AvgIpc) is 2.12. The third-order valence-corrected chi connectivity index (χ3v) is 1.56. The van der Waals surface area contributed by atoms with Gasteiger partial charge in [0.1, 0.15) is 0 Å². The number of esters is 1. The van der Waals surface area contributed by atoms with Crippen molar-refractivity contribution in [1.82, 2.24) is 4.57 Å². The van der Waals surface area contributed by atoms with E-state index in [0.29, 0.717) is 0 Å². The molecule has 0 bridgehead atoms. The molecule has 1 heterocycles. The van der Waals surface area contributed by atoms with E-state index in [1.54, 1.807) is 0 Å². The standard InChI is InChI=1S/C8H8FNO3/c1-10-4-5(8(12)13-2)3-6(9)7(10)11/h3-4H,1-2H3. The van der Waals surface area contributed by atoms with Crippen LogP contribution in [0.3, 0.4) is 0 Å². The smallest absolute Gasteiger partial charge is 0.339 e. The topological polar surface area (TPSA) is 48.3 Å². The normalized spacial score (nSPS) is 9.77. The van der Waals surface area contributed by atoms with Crippen molar-refractivity contribution in [2.24, 2.45) is 7.05 Å². The van der Waals surface area contributed by atoms with Gasteiger partial charge in [0, 0.05) is 13.2 Å². The molecule has 0 unspecified atom stereocenters. The highest BCUT2D eigenvalue weighted by Crippen LogP contribution is 2.00. The number of aromatic nitrogens is 1. The van der Waals surface area contributed by atoms with Crippen molar-refractivity contribution in [2.75, 3.05) is 7.11 Å². The van der Waals surface area contributed by atoms with E-state index in [9.17, 15) is 14.0 Å². The third kappa shape index (κ3) is 1.74. The first-order chi connectivity index (χ1) is 6.06. The van der Waals surface area contributed by atoms with E-state index >= 15 is 0 Å². The largest absolute Gasteiger partial charge is 0.465 e. The minimum atomic E-state index is -0.967. The second kappa shape index (κ2) is 3.38. The van der Waals surface area contributed by atoms with Crippen molar-refractivity contribution in [1.29, 1.82) is 0 Å². The molecule has 13 heavy (non-hydrogen) atoms. The molecule has 0 saturated carbocycles. The van der Waals surface area contributed by atoms with E-state index in [0.717, 1.165) is 10.6 Å². The Labute approximate surface area is 73.6 Å². The number of rotatable bonds is 1. The van der Waals surface area contributed by atoms with E-state index < -0.39 is 17.3 Å². The lowest BCUT2D eigenvalue weighted by Crippen LogP contribution is -2.21. The Morgan fingerprint density at radius 2 is 2.23 bits per heavy atom. The van der Waals surface area contributed by atoms with Crippen LogP contribution in [0, 0.1) is 5.82 Å². The number of ether oxygens (including phenoxy) is 1. The van der Waals surface area contributed by atoms with Gasteiger partial charge in [0.2, 0.25) is 0 Å². The molecule has 0 aliphatic carbocycles. The van der Waals surface area contributed by atoms with E-state index in [1.807, 2.05) is 0 Å². The number of pyridine rings is 1. The number of carbonyl (C=O) groups is 1. The summed E-state index contributed by atoms with van der Waals surface area (Å²) in [4.78, 5) is 21.8. The predicted molar refractivity (Wildman–Crippen MR) is 43.0 cm³/mol. The van der Waals surface area contributed by atoms with Crippen molar-refractivity contribution in [3.8, 4) is 0 Å². The lowest BCUT2D eigenvalue weighted by Gasteiger charge is -2.01. The lowest BCUT2D eigenvalue weighted by molar-refractivity contribution is 0.0599. The van der Waals surface area contributed by atoms with Gasteiger partial charge in [-0.2, -0.15) is 0 Å². The summed E-state index contributed by atoms with van der Waals surface area (Å²) >= 11 is 0. The van der Waals surface area contributed by atoms with Gasteiger partial charge >= 0.3 is 5.97 Å². The maximum atomic E-state index is 12.8. The van der Waals surface area contributed by atoms with Gasteiger partial charge in [0.25, 0.3) is 5.56 Å². The molecular formula is C8H8FNO3. The summed E-state index contributed by atoms with van der Waals surface area (Å²) < 4.78 is 18.1. The first-order valence-electron chi connectivity index (χ1n) is 3.50. The minimum Gasteiger partial charge on any atom is -0.465 e. The molecule has 70 valence electrons. The highest BCUT2D eigenvalue weighted by Gasteiger charge is 2.10.